The van der Waals surface area contributed by atoms with E-state index in [-0.39, 0.29) is 6.10 Å². The lowest BCUT2D eigenvalue weighted by molar-refractivity contribution is 0.0818. The molecular weight excluding hydrogens is 438 g/mol. The van der Waals surface area contributed by atoms with Crippen molar-refractivity contribution in [3.8, 4) is 11.5 Å². The summed E-state index contributed by atoms with van der Waals surface area (Å²) in [7, 11) is 1.94. The molecule has 4 aromatic rings. The fourth-order valence-electron chi connectivity index (χ4n) is 4.60. The van der Waals surface area contributed by atoms with E-state index in [1.54, 1.807) is 0 Å². The Labute approximate surface area is 196 Å². The minimum Gasteiger partial charge on any atom is -0.485 e. The van der Waals surface area contributed by atoms with Gasteiger partial charge in [-0.3, -0.25) is 4.90 Å². The predicted octanol–water partition coefficient (Wildman–Crippen LogP) is 4.44. The van der Waals surface area contributed by atoms with Crippen LogP contribution < -0.4 is 9.47 Å². The summed E-state index contributed by atoms with van der Waals surface area (Å²) in [5, 5.41) is 4.80. The molecule has 2 aliphatic rings. The van der Waals surface area contributed by atoms with Gasteiger partial charge in [0.15, 0.2) is 39.7 Å². The van der Waals surface area contributed by atoms with Gasteiger partial charge in [-0.15, -0.1) is 0 Å². The maximum absolute atomic E-state index is 6.15. The number of piperidine rings is 1. The van der Waals surface area contributed by atoms with Crippen molar-refractivity contribution in [2.45, 2.75) is 31.5 Å². The third-order valence-electron chi connectivity index (χ3n) is 6.45. The summed E-state index contributed by atoms with van der Waals surface area (Å²) in [6.45, 7) is 2.94. The van der Waals surface area contributed by atoms with Gasteiger partial charge in [0.1, 0.15) is 12.1 Å². The largest absolute Gasteiger partial charge is 0.485 e. The van der Waals surface area contributed by atoms with Gasteiger partial charge in [0, 0.05) is 26.1 Å². The van der Waals surface area contributed by atoms with Crippen LogP contribution >= 0.6 is 12.2 Å². The smallest absolute Gasteiger partial charge is 0.198 e. The third-order valence-corrected chi connectivity index (χ3v) is 6.94. The summed E-state index contributed by atoms with van der Waals surface area (Å²) in [6, 6.07) is 15.6. The number of fused-ring (bicyclic) bond motifs is 2. The van der Waals surface area contributed by atoms with Crippen LogP contribution in [0.5, 0.6) is 11.5 Å². The highest BCUT2D eigenvalue weighted by Gasteiger charge is 2.29. The second-order valence-corrected chi connectivity index (χ2v) is 8.98. The first-order valence-electron chi connectivity index (χ1n) is 11.3. The van der Waals surface area contributed by atoms with Crippen LogP contribution in [-0.4, -0.2) is 43.9 Å². The van der Waals surface area contributed by atoms with Crippen molar-refractivity contribution in [3.05, 3.63) is 65.0 Å². The Morgan fingerprint density at radius 3 is 2.61 bits per heavy atom. The van der Waals surface area contributed by atoms with Crippen molar-refractivity contribution in [2.24, 2.45) is 7.05 Å². The van der Waals surface area contributed by atoms with E-state index in [0.717, 1.165) is 60.2 Å². The van der Waals surface area contributed by atoms with Crippen molar-refractivity contribution in [1.29, 1.82) is 0 Å². The number of rotatable bonds is 4. The Morgan fingerprint density at radius 2 is 1.79 bits per heavy atom. The van der Waals surface area contributed by atoms with Gasteiger partial charge in [-0.1, -0.05) is 24.3 Å². The van der Waals surface area contributed by atoms with Crippen LogP contribution in [0.3, 0.4) is 0 Å². The van der Waals surface area contributed by atoms with Crippen molar-refractivity contribution in [3.63, 3.8) is 0 Å². The molecule has 8 nitrogen and oxygen atoms in total. The molecule has 9 heteroatoms. The Kier molecular flexibility index (Phi) is 5.15. The summed E-state index contributed by atoms with van der Waals surface area (Å²) < 4.78 is 22.5. The molecule has 2 aliphatic heterocycles. The third kappa shape index (κ3) is 3.81. The van der Waals surface area contributed by atoms with Crippen LogP contribution in [0.2, 0.25) is 0 Å². The summed E-state index contributed by atoms with van der Waals surface area (Å²) in [6.07, 6.45) is 1.70. The Morgan fingerprint density at radius 1 is 1.03 bits per heavy atom. The van der Waals surface area contributed by atoms with E-state index in [0.29, 0.717) is 24.0 Å². The maximum atomic E-state index is 6.15. The lowest BCUT2D eigenvalue weighted by Crippen LogP contribution is -2.35. The van der Waals surface area contributed by atoms with Crippen molar-refractivity contribution >= 4 is 23.3 Å². The van der Waals surface area contributed by atoms with E-state index in [9.17, 15) is 0 Å². The van der Waals surface area contributed by atoms with Crippen LogP contribution in [0, 0.1) is 4.77 Å². The molecule has 33 heavy (non-hydrogen) atoms. The number of hydrogen-bond acceptors (Lipinski definition) is 7. The van der Waals surface area contributed by atoms with Crippen LogP contribution in [0.4, 0.5) is 0 Å². The number of nitrogens with zero attached hydrogens (tertiary/aromatic N) is 5. The van der Waals surface area contributed by atoms with Crippen LogP contribution in [0.25, 0.3) is 11.1 Å². The quantitative estimate of drug-likeness (QED) is 0.414. The molecule has 0 radical (unpaired) electrons. The molecular formula is C24H25N5O3S. The highest BCUT2D eigenvalue weighted by Crippen LogP contribution is 2.35. The van der Waals surface area contributed by atoms with E-state index in [2.05, 4.69) is 4.90 Å². The monoisotopic (exact) mass is 463 g/mol. The molecule has 1 saturated heterocycles. The summed E-state index contributed by atoms with van der Waals surface area (Å²) in [5.41, 5.74) is 1.79. The molecule has 1 fully saturated rings. The molecule has 0 saturated carbocycles. The highest BCUT2D eigenvalue weighted by molar-refractivity contribution is 7.71. The number of hydrogen-bond donors (Lipinski definition) is 0. The molecule has 0 spiro atoms. The van der Waals surface area contributed by atoms with Crippen molar-refractivity contribution in [1.82, 2.24) is 24.2 Å². The van der Waals surface area contributed by atoms with Gasteiger partial charge >= 0.3 is 0 Å². The molecule has 0 amide bonds. The average Bonchev–Trinajstić information content (AvgIpc) is 3.41. The summed E-state index contributed by atoms with van der Waals surface area (Å²) in [4.78, 5) is 7.07. The van der Waals surface area contributed by atoms with Gasteiger partial charge < -0.3 is 18.5 Å². The molecule has 4 heterocycles. The van der Waals surface area contributed by atoms with Crippen LogP contribution in [0.1, 0.15) is 36.6 Å². The molecule has 0 bridgehead atoms. The van der Waals surface area contributed by atoms with Crippen molar-refractivity contribution in [2.75, 3.05) is 19.7 Å². The number of aromatic nitrogens is 4. The molecule has 1 atom stereocenters. The zero-order valence-corrected chi connectivity index (χ0v) is 19.2. The standard InChI is InChI=1S/C24H25N5O3S/c1-27-22(21-14-30-19-8-4-5-9-20(19)31-21)26-29(24(27)33)15-28-12-10-16(11-13-28)23-25-17-6-2-3-7-18(17)32-23/h2-9,16,21H,10-15H2,1H3. The predicted molar refractivity (Wildman–Crippen MR) is 125 cm³/mol. The minimum atomic E-state index is -0.294. The zero-order chi connectivity index (χ0) is 22.4. The Hall–Kier alpha value is -3.17. The Bertz CT molecular complexity index is 1320. The van der Waals surface area contributed by atoms with Crippen LogP contribution in [-0.2, 0) is 13.7 Å². The van der Waals surface area contributed by atoms with Gasteiger partial charge in [-0.05, 0) is 49.3 Å². The number of oxazole rings is 1. The second-order valence-electron chi connectivity index (χ2n) is 8.62. The summed E-state index contributed by atoms with van der Waals surface area (Å²) in [5.74, 6) is 3.46. The van der Waals surface area contributed by atoms with Gasteiger partial charge in [-0.25, -0.2) is 9.67 Å². The van der Waals surface area contributed by atoms with Gasteiger partial charge in [0.05, 0.1) is 6.67 Å². The van der Waals surface area contributed by atoms with E-state index < -0.39 is 0 Å². The number of ether oxygens (including phenoxy) is 2. The molecule has 0 aliphatic carbocycles. The lowest BCUT2D eigenvalue weighted by atomic mass is 9.97. The Balaban J connectivity index is 1.13. The average molecular weight is 464 g/mol. The SMILES string of the molecule is Cn1c(C2COc3ccccc3O2)nn(CN2CCC(c3nc4ccccc4o3)CC2)c1=S. The fraction of sp³-hybridized carbons (Fsp3) is 0.375. The minimum absolute atomic E-state index is 0.294. The number of benzene rings is 2. The first-order chi connectivity index (χ1) is 16.2. The molecule has 2 aromatic heterocycles. The number of para-hydroxylation sites is 4. The van der Waals surface area contributed by atoms with Crippen LogP contribution in [0.15, 0.2) is 52.9 Å². The highest BCUT2D eigenvalue weighted by atomic mass is 32.1. The normalized spacial score (nSPS) is 19.2. The molecule has 6 rings (SSSR count). The molecule has 1 unspecified atom stereocenters. The first-order valence-corrected chi connectivity index (χ1v) is 11.7. The van der Waals surface area contributed by atoms with E-state index in [1.807, 2.05) is 64.8 Å². The summed E-state index contributed by atoms with van der Waals surface area (Å²) >= 11 is 5.68. The topological polar surface area (TPSA) is 70.5 Å². The number of likely N-dealkylation sites (tertiary alicyclic amines) is 1. The molecule has 0 N–H and O–H groups in total. The van der Waals surface area contributed by atoms with Crippen molar-refractivity contribution < 1.29 is 13.9 Å². The molecule has 170 valence electrons. The maximum Gasteiger partial charge on any atom is 0.198 e. The van der Waals surface area contributed by atoms with E-state index in [1.165, 1.54) is 0 Å². The van der Waals surface area contributed by atoms with E-state index in [4.69, 9.17) is 36.2 Å². The lowest BCUT2D eigenvalue weighted by Gasteiger charge is -2.30. The second kappa shape index (κ2) is 8.31. The van der Waals surface area contributed by atoms with Gasteiger partial charge in [0.25, 0.3) is 0 Å². The first kappa shape index (κ1) is 20.4. The fourth-order valence-corrected chi connectivity index (χ4v) is 4.79. The van der Waals surface area contributed by atoms with E-state index >= 15 is 0 Å². The van der Waals surface area contributed by atoms with Gasteiger partial charge in [0.2, 0.25) is 0 Å². The van der Waals surface area contributed by atoms with Gasteiger partial charge in [-0.2, -0.15) is 5.10 Å². The molecule has 2 aromatic carbocycles. The zero-order valence-electron chi connectivity index (χ0n) is 18.4.